The van der Waals surface area contributed by atoms with Crippen molar-refractivity contribution in [2.75, 3.05) is 13.2 Å². The van der Waals surface area contributed by atoms with Crippen molar-refractivity contribution in [1.29, 1.82) is 0 Å². The summed E-state index contributed by atoms with van der Waals surface area (Å²) in [7, 11) is 0. The summed E-state index contributed by atoms with van der Waals surface area (Å²) >= 11 is 0. The average Bonchev–Trinajstić information content (AvgIpc) is 2.37. The largest absolute Gasteiger partial charge is 0.477 e. The first-order valence-electron chi connectivity index (χ1n) is 3.68. The number of H-pyrrole nitrogens is 1. The first-order chi connectivity index (χ1) is 5.33. The molecule has 0 aliphatic heterocycles. The molecular formula is C7H15Cl2N3O. The number of aromatic amines is 1. The molecule has 0 atom stereocenters. The molecule has 13 heavy (non-hydrogen) atoms. The number of nitrogens with one attached hydrogen (secondary N) is 1. The second-order valence-electron chi connectivity index (χ2n) is 2.38. The molecule has 1 aromatic rings. The molecule has 0 saturated carbocycles. The smallest absolute Gasteiger partial charge is 0.232 e. The van der Waals surface area contributed by atoms with Gasteiger partial charge in [0.05, 0.1) is 6.61 Å². The molecule has 0 aliphatic rings. The van der Waals surface area contributed by atoms with Crippen LogP contribution in [-0.2, 0) is 0 Å². The van der Waals surface area contributed by atoms with Crippen LogP contribution >= 0.6 is 24.8 Å². The molecular weight excluding hydrogens is 213 g/mol. The van der Waals surface area contributed by atoms with Crippen LogP contribution in [0.1, 0.15) is 12.1 Å². The Bertz CT molecular complexity index is 217. The SMILES string of the molecule is Cc1cc(OCCCN)n[nH]1.Cl.Cl. The van der Waals surface area contributed by atoms with E-state index in [9.17, 15) is 0 Å². The maximum Gasteiger partial charge on any atom is 0.232 e. The molecule has 0 spiro atoms. The van der Waals surface area contributed by atoms with Gasteiger partial charge in [-0.05, 0) is 19.9 Å². The molecule has 0 unspecified atom stereocenters. The van der Waals surface area contributed by atoms with Gasteiger partial charge in [0.2, 0.25) is 5.88 Å². The molecule has 1 aromatic heterocycles. The zero-order valence-corrected chi connectivity index (χ0v) is 9.08. The maximum absolute atomic E-state index is 5.29. The van der Waals surface area contributed by atoms with E-state index in [1.54, 1.807) is 0 Å². The highest BCUT2D eigenvalue weighted by molar-refractivity contribution is 5.85. The van der Waals surface area contributed by atoms with E-state index in [4.69, 9.17) is 10.5 Å². The molecule has 1 heterocycles. The Hall–Kier alpha value is -0.450. The molecule has 78 valence electrons. The third kappa shape index (κ3) is 5.74. The lowest BCUT2D eigenvalue weighted by Crippen LogP contribution is -2.06. The van der Waals surface area contributed by atoms with Crippen molar-refractivity contribution >= 4 is 24.8 Å². The van der Waals surface area contributed by atoms with E-state index in [0.29, 0.717) is 19.0 Å². The number of halogens is 2. The van der Waals surface area contributed by atoms with E-state index in [1.807, 2.05) is 13.0 Å². The lowest BCUT2D eigenvalue weighted by atomic mass is 10.4. The van der Waals surface area contributed by atoms with Gasteiger partial charge in [0, 0.05) is 11.8 Å². The average molecular weight is 228 g/mol. The van der Waals surface area contributed by atoms with Crippen LogP contribution in [0.5, 0.6) is 5.88 Å². The predicted molar refractivity (Wildman–Crippen MR) is 57.0 cm³/mol. The number of rotatable bonds is 4. The van der Waals surface area contributed by atoms with Crippen molar-refractivity contribution < 1.29 is 4.74 Å². The number of ether oxygens (including phenoxy) is 1. The minimum atomic E-state index is 0. The van der Waals surface area contributed by atoms with E-state index < -0.39 is 0 Å². The topological polar surface area (TPSA) is 63.9 Å². The summed E-state index contributed by atoms with van der Waals surface area (Å²) in [5, 5.41) is 6.69. The quantitative estimate of drug-likeness (QED) is 0.763. The minimum absolute atomic E-state index is 0. The van der Waals surface area contributed by atoms with Crippen LogP contribution < -0.4 is 10.5 Å². The van der Waals surface area contributed by atoms with Crippen LogP contribution in [0.4, 0.5) is 0 Å². The van der Waals surface area contributed by atoms with Gasteiger partial charge in [-0.15, -0.1) is 29.9 Å². The maximum atomic E-state index is 5.29. The van der Waals surface area contributed by atoms with Crippen LogP contribution in [0.25, 0.3) is 0 Å². The predicted octanol–water partition coefficient (Wildman–Crippen LogP) is 1.29. The van der Waals surface area contributed by atoms with Gasteiger partial charge in [-0.1, -0.05) is 0 Å². The molecule has 1 rings (SSSR count). The highest BCUT2D eigenvalue weighted by Gasteiger charge is 1.95. The van der Waals surface area contributed by atoms with E-state index in [1.165, 1.54) is 0 Å². The van der Waals surface area contributed by atoms with Gasteiger partial charge in [0.1, 0.15) is 0 Å². The van der Waals surface area contributed by atoms with Gasteiger partial charge >= 0.3 is 0 Å². The second-order valence-corrected chi connectivity index (χ2v) is 2.38. The van der Waals surface area contributed by atoms with Crippen molar-refractivity contribution in [3.8, 4) is 5.88 Å². The van der Waals surface area contributed by atoms with E-state index >= 15 is 0 Å². The molecule has 0 fully saturated rings. The lowest BCUT2D eigenvalue weighted by molar-refractivity contribution is 0.301. The molecule has 3 N–H and O–H groups in total. The fraction of sp³-hybridized carbons (Fsp3) is 0.571. The molecule has 0 amide bonds. The van der Waals surface area contributed by atoms with Crippen molar-refractivity contribution in [2.45, 2.75) is 13.3 Å². The van der Waals surface area contributed by atoms with Crippen molar-refractivity contribution in [3.05, 3.63) is 11.8 Å². The summed E-state index contributed by atoms with van der Waals surface area (Å²) in [6.07, 6.45) is 0.867. The number of nitrogens with zero attached hydrogens (tertiary/aromatic N) is 1. The summed E-state index contributed by atoms with van der Waals surface area (Å²) in [6.45, 7) is 3.23. The van der Waals surface area contributed by atoms with E-state index in [0.717, 1.165) is 12.1 Å². The monoisotopic (exact) mass is 227 g/mol. The molecule has 6 heteroatoms. The summed E-state index contributed by atoms with van der Waals surface area (Å²) in [4.78, 5) is 0. The zero-order valence-electron chi connectivity index (χ0n) is 7.45. The highest BCUT2D eigenvalue weighted by atomic mass is 35.5. The normalized spacial score (nSPS) is 8.46. The number of hydrogen-bond acceptors (Lipinski definition) is 3. The first-order valence-corrected chi connectivity index (χ1v) is 3.68. The lowest BCUT2D eigenvalue weighted by Gasteiger charge is -1.98. The Morgan fingerprint density at radius 3 is 2.69 bits per heavy atom. The molecule has 0 radical (unpaired) electrons. The number of nitrogens with two attached hydrogens (primary N) is 1. The van der Waals surface area contributed by atoms with Crippen LogP contribution in [0.3, 0.4) is 0 Å². The van der Waals surface area contributed by atoms with E-state index in [2.05, 4.69) is 10.2 Å². The van der Waals surface area contributed by atoms with Gasteiger partial charge in [0.15, 0.2) is 0 Å². The Morgan fingerprint density at radius 1 is 1.54 bits per heavy atom. The van der Waals surface area contributed by atoms with Crippen LogP contribution in [0.2, 0.25) is 0 Å². The fourth-order valence-electron chi connectivity index (χ4n) is 0.727. The second kappa shape index (κ2) is 8.16. The fourth-order valence-corrected chi connectivity index (χ4v) is 0.727. The van der Waals surface area contributed by atoms with Gasteiger partial charge < -0.3 is 10.5 Å². The molecule has 4 nitrogen and oxygen atoms in total. The molecule has 0 aromatic carbocycles. The molecule has 0 aliphatic carbocycles. The third-order valence-corrected chi connectivity index (χ3v) is 1.28. The first kappa shape index (κ1) is 15.0. The number of hydrogen-bond donors (Lipinski definition) is 2. The van der Waals surface area contributed by atoms with E-state index in [-0.39, 0.29) is 24.8 Å². The summed E-state index contributed by atoms with van der Waals surface area (Å²) in [5.41, 5.74) is 6.30. The Kier molecular flexibility index (Phi) is 9.44. The third-order valence-electron chi connectivity index (χ3n) is 1.28. The number of aryl methyl sites for hydroxylation is 1. The Balaban J connectivity index is 0. The standard InChI is InChI=1S/C7H13N3O.2ClH/c1-6-5-7(10-9-6)11-4-2-3-8;;/h5H,2-4,8H2,1H3,(H,9,10);2*1H. The van der Waals surface area contributed by atoms with Gasteiger partial charge in [-0.2, -0.15) is 0 Å². The Morgan fingerprint density at radius 2 is 2.23 bits per heavy atom. The highest BCUT2D eigenvalue weighted by Crippen LogP contribution is 2.06. The summed E-state index contributed by atoms with van der Waals surface area (Å²) in [6, 6.07) is 1.86. The van der Waals surface area contributed by atoms with Crippen molar-refractivity contribution in [1.82, 2.24) is 10.2 Å². The van der Waals surface area contributed by atoms with Crippen molar-refractivity contribution in [2.24, 2.45) is 5.73 Å². The van der Waals surface area contributed by atoms with Crippen LogP contribution in [0, 0.1) is 6.92 Å². The summed E-state index contributed by atoms with van der Waals surface area (Å²) < 4.78 is 5.24. The van der Waals surface area contributed by atoms with Crippen LogP contribution in [0.15, 0.2) is 6.07 Å². The molecule has 0 bridgehead atoms. The minimum Gasteiger partial charge on any atom is -0.477 e. The van der Waals surface area contributed by atoms with Crippen LogP contribution in [-0.4, -0.2) is 23.3 Å². The number of aromatic nitrogens is 2. The summed E-state index contributed by atoms with van der Waals surface area (Å²) in [5.74, 6) is 0.649. The molecule has 0 saturated heterocycles. The van der Waals surface area contributed by atoms with Gasteiger partial charge in [-0.3, -0.25) is 5.10 Å². The zero-order chi connectivity index (χ0) is 8.10. The van der Waals surface area contributed by atoms with Gasteiger partial charge in [-0.25, -0.2) is 0 Å². The van der Waals surface area contributed by atoms with Gasteiger partial charge in [0.25, 0.3) is 0 Å². The Labute approximate surface area is 90.0 Å². The van der Waals surface area contributed by atoms with Crippen molar-refractivity contribution in [3.63, 3.8) is 0 Å².